The number of benzene rings is 1. The molecule has 0 bridgehead atoms. The van der Waals surface area contributed by atoms with Crippen LogP contribution in [-0.2, 0) is 12.8 Å². The Labute approximate surface area is 226 Å². The summed E-state index contributed by atoms with van der Waals surface area (Å²) in [4.78, 5) is 41.2. The van der Waals surface area contributed by atoms with Crippen LogP contribution in [0.4, 0.5) is 0 Å². The highest BCUT2D eigenvalue weighted by molar-refractivity contribution is 5.97. The number of aliphatic hydroxyl groups is 1. The molecular formula is C27H33N9O3. The number of fused-ring (bicyclic) bond motifs is 1. The lowest BCUT2D eigenvalue weighted by molar-refractivity contribution is 0.0144. The van der Waals surface area contributed by atoms with Crippen molar-refractivity contribution >= 4 is 23.7 Å². The van der Waals surface area contributed by atoms with Crippen LogP contribution < -0.4 is 27.4 Å². The molecule has 1 spiro atoms. The summed E-state index contributed by atoms with van der Waals surface area (Å²) in [6.45, 7) is 2.22. The van der Waals surface area contributed by atoms with Gasteiger partial charge in [-0.2, -0.15) is 0 Å². The van der Waals surface area contributed by atoms with E-state index in [-0.39, 0.29) is 42.5 Å². The number of aryl methyl sites for hydroxylation is 2. The average molecular weight is 532 g/mol. The highest BCUT2D eigenvalue weighted by Gasteiger charge is 2.65. The molecule has 1 fully saturated rings. The van der Waals surface area contributed by atoms with Crippen molar-refractivity contribution in [1.82, 2.24) is 25.8 Å². The predicted octanol–water partition coefficient (Wildman–Crippen LogP) is -0.847. The molecule has 12 heteroatoms. The first-order valence-electron chi connectivity index (χ1n) is 13.3. The maximum Gasteiger partial charge on any atom is 0.269 e. The minimum atomic E-state index is -1.21. The monoisotopic (exact) mass is 531 g/mol. The van der Waals surface area contributed by atoms with E-state index in [4.69, 9.17) is 11.5 Å². The highest BCUT2D eigenvalue weighted by Crippen LogP contribution is 2.40. The van der Waals surface area contributed by atoms with Gasteiger partial charge in [-0.15, -0.1) is 0 Å². The summed E-state index contributed by atoms with van der Waals surface area (Å²) in [6, 6.07) is 7.36. The Bertz CT molecular complexity index is 1380. The number of hydrogen-bond donors (Lipinski definition) is 6. The van der Waals surface area contributed by atoms with Crippen LogP contribution in [0.5, 0.6) is 0 Å². The molecule has 39 heavy (non-hydrogen) atoms. The number of nitrogens with one attached hydrogen (secondary N) is 3. The van der Waals surface area contributed by atoms with Crippen LogP contribution >= 0.6 is 0 Å². The van der Waals surface area contributed by atoms with Gasteiger partial charge < -0.3 is 37.4 Å². The Balaban J connectivity index is 1.22. The first-order chi connectivity index (χ1) is 18.8. The molecule has 3 aliphatic heterocycles. The molecule has 12 nitrogen and oxygen atoms in total. The Morgan fingerprint density at radius 3 is 2.77 bits per heavy atom. The van der Waals surface area contributed by atoms with Crippen LogP contribution in [0.25, 0.3) is 0 Å². The Kier molecular flexibility index (Phi) is 6.13. The molecule has 1 aliphatic carbocycles. The van der Waals surface area contributed by atoms with E-state index in [9.17, 15) is 14.7 Å². The highest BCUT2D eigenvalue weighted by atomic mass is 16.3. The average Bonchev–Trinajstić information content (AvgIpc) is 3.43. The maximum absolute atomic E-state index is 13.4. The van der Waals surface area contributed by atoms with Crippen molar-refractivity contribution in [2.45, 2.75) is 62.5 Å². The standard InChI is InChI=1S/C27H33N9O3/c1-14-9-10-18(30-11-14)24(39)31-12-19-21-27(35-25(28)34-21)22(37)20(13-36(27)26(29)33-19)32-23(38)17-8-4-6-15-5-2-3-7-16(15)17/h4,6,8-11,19-22,37H,2-3,5,7,12-13H2,1H3,(H2,29,33)(H,31,39)(H,32,38)(H3,28,34,35)/t19-,20?,21?,22+,27?/m0/s1. The van der Waals surface area contributed by atoms with E-state index in [1.165, 1.54) is 5.56 Å². The van der Waals surface area contributed by atoms with E-state index in [1.54, 1.807) is 17.2 Å². The molecule has 4 aliphatic rings. The number of aliphatic imine (C=N–C) groups is 2. The van der Waals surface area contributed by atoms with Crippen LogP contribution in [0, 0.1) is 6.92 Å². The van der Waals surface area contributed by atoms with Crippen LogP contribution in [0.15, 0.2) is 46.5 Å². The second kappa shape index (κ2) is 9.53. The summed E-state index contributed by atoms with van der Waals surface area (Å²) < 4.78 is 0. The van der Waals surface area contributed by atoms with E-state index in [1.807, 2.05) is 25.1 Å². The topological polar surface area (TPSA) is 183 Å². The number of aliphatic hydroxyl groups excluding tert-OH is 1. The number of carbonyl (C=O) groups excluding carboxylic acids is 2. The Morgan fingerprint density at radius 1 is 1.15 bits per heavy atom. The predicted molar refractivity (Wildman–Crippen MR) is 145 cm³/mol. The van der Waals surface area contributed by atoms with Crippen LogP contribution in [0.2, 0.25) is 0 Å². The fourth-order valence-corrected chi connectivity index (χ4v) is 6.33. The van der Waals surface area contributed by atoms with Crippen molar-refractivity contribution in [2.24, 2.45) is 21.5 Å². The van der Waals surface area contributed by atoms with E-state index < -0.39 is 29.9 Å². The normalized spacial score (nSPS) is 28.8. The van der Waals surface area contributed by atoms with E-state index in [2.05, 4.69) is 37.0 Å². The third kappa shape index (κ3) is 4.15. The van der Waals surface area contributed by atoms with Gasteiger partial charge in [-0.3, -0.25) is 14.6 Å². The zero-order valence-electron chi connectivity index (χ0n) is 21.7. The number of nitrogens with two attached hydrogens (primary N) is 2. The third-order valence-electron chi connectivity index (χ3n) is 8.23. The lowest BCUT2D eigenvalue weighted by Gasteiger charge is -2.46. The summed E-state index contributed by atoms with van der Waals surface area (Å²) in [7, 11) is 0. The van der Waals surface area contributed by atoms with E-state index in [0.717, 1.165) is 36.8 Å². The van der Waals surface area contributed by atoms with Crippen molar-refractivity contribution in [1.29, 1.82) is 0 Å². The number of amides is 2. The molecular weight excluding hydrogens is 498 g/mol. The van der Waals surface area contributed by atoms with E-state index in [0.29, 0.717) is 5.56 Å². The zero-order chi connectivity index (χ0) is 27.3. The summed E-state index contributed by atoms with van der Waals surface area (Å²) in [6.07, 6.45) is 4.51. The molecule has 3 unspecified atom stereocenters. The number of rotatable bonds is 5. The number of aromatic nitrogens is 1. The van der Waals surface area contributed by atoms with Crippen molar-refractivity contribution in [3.05, 3.63) is 64.5 Å². The van der Waals surface area contributed by atoms with Gasteiger partial charge in [-0.1, -0.05) is 18.2 Å². The van der Waals surface area contributed by atoms with Gasteiger partial charge in [0, 0.05) is 24.8 Å². The minimum absolute atomic E-state index is 0.105. The second-order valence-corrected chi connectivity index (χ2v) is 10.7. The molecule has 2 amide bonds. The molecule has 1 saturated heterocycles. The summed E-state index contributed by atoms with van der Waals surface area (Å²) in [5, 5.41) is 20.7. The quantitative estimate of drug-likeness (QED) is 0.288. The fraction of sp³-hybridized carbons (Fsp3) is 0.444. The van der Waals surface area contributed by atoms with Gasteiger partial charge in [0.15, 0.2) is 17.6 Å². The molecule has 2 aromatic rings. The van der Waals surface area contributed by atoms with Gasteiger partial charge in [0.1, 0.15) is 17.8 Å². The molecule has 8 N–H and O–H groups in total. The maximum atomic E-state index is 13.4. The molecule has 1 aromatic heterocycles. The van der Waals surface area contributed by atoms with Gasteiger partial charge in [0.25, 0.3) is 11.8 Å². The number of nitrogens with zero attached hydrogens (tertiary/aromatic N) is 4. The van der Waals surface area contributed by atoms with Gasteiger partial charge in [0.2, 0.25) is 0 Å². The smallest absolute Gasteiger partial charge is 0.269 e. The van der Waals surface area contributed by atoms with Crippen molar-refractivity contribution < 1.29 is 14.7 Å². The largest absolute Gasteiger partial charge is 0.386 e. The van der Waals surface area contributed by atoms with Crippen LogP contribution in [0.3, 0.4) is 0 Å². The van der Waals surface area contributed by atoms with Crippen LogP contribution in [0.1, 0.15) is 50.4 Å². The molecule has 0 radical (unpaired) electrons. The molecule has 1 aromatic carbocycles. The first kappa shape index (κ1) is 25.1. The molecule has 0 saturated carbocycles. The number of hydrogen-bond acceptors (Lipinski definition) is 10. The number of guanidine groups is 2. The van der Waals surface area contributed by atoms with Gasteiger partial charge in [-0.25, -0.2) is 9.98 Å². The summed E-state index contributed by atoms with van der Waals surface area (Å²) >= 11 is 0. The van der Waals surface area contributed by atoms with Crippen molar-refractivity contribution in [3.8, 4) is 0 Å². The molecule has 204 valence electrons. The Morgan fingerprint density at radius 2 is 1.97 bits per heavy atom. The fourth-order valence-electron chi connectivity index (χ4n) is 6.33. The summed E-state index contributed by atoms with van der Waals surface area (Å²) in [5.74, 6) is -0.285. The lowest BCUT2D eigenvalue weighted by atomic mass is 9.87. The molecule has 5 atom stereocenters. The van der Waals surface area contributed by atoms with Crippen molar-refractivity contribution in [2.75, 3.05) is 13.1 Å². The lowest BCUT2D eigenvalue weighted by Crippen LogP contribution is -2.73. The summed E-state index contributed by atoms with van der Waals surface area (Å²) in [5.41, 5.74) is 15.5. The third-order valence-corrected chi connectivity index (χ3v) is 8.23. The van der Waals surface area contributed by atoms with Crippen LogP contribution in [-0.4, -0.2) is 81.7 Å². The van der Waals surface area contributed by atoms with E-state index >= 15 is 0 Å². The molecule has 6 rings (SSSR count). The molecule has 4 heterocycles. The minimum Gasteiger partial charge on any atom is -0.386 e. The second-order valence-electron chi connectivity index (χ2n) is 10.7. The Hall–Kier alpha value is -4.19. The van der Waals surface area contributed by atoms with Crippen molar-refractivity contribution in [3.63, 3.8) is 0 Å². The zero-order valence-corrected chi connectivity index (χ0v) is 21.7. The number of pyridine rings is 1. The first-order valence-corrected chi connectivity index (χ1v) is 13.3. The van der Waals surface area contributed by atoms with Gasteiger partial charge in [0.05, 0.1) is 12.1 Å². The SMILES string of the molecule is Cc1ccc(C(=O)NC[C@@H]2N=C(N)N3CC(NC(=O)c4cccc5c4CCCC5)[C@@H](O)C34NC(N)=NC24)nc1. The van der Waals surface area contributed by atoms with Gasteiger partial charge >= 0.3 is 0 Å². The number of carbonyl (C=O) groups is 2. The van der Waals surface area contributed by atoms with Gasteiger partial charge in [-0.05, 0) is 61.4 Å².